The number of amides is 2. The molecule has 0 saturated carbocycles. The van der Waals surface area contributed by atoms with Gasteiger partial charge in [0.1, 0.15) is 0 Å². The van der Waals surface area contributed by atoms with E-state index in [1.54, 1.807) is 4.90 Å². The molecule has 2 fully saturated rings. The Bertz CT molecular complexity index is 1400. The summed E-state index contributed by atoms with van der Waals surface area (Å²) in [6.07, 6.45) is 5.12. The molecule has 10 heteroatoms. The Morgan fingerprint density at radius 1 is 0.976 bits per heavy atom. The number of carbonyl (C=O) groups is 1. The van der Waals surface area contributed by atoms with Crippen LogP contribution in [0.15, 0.2) is 42.5 Å². The minimum atomic E-state index is -0.540. The third-order valence-corrected chi connectivity index (χ3v) is 9.96. The number of carbonyl (C=O) groups excluding carboxylic acids is 1. The fraction of sp³-hybridized carbons (Fsp3) is 0.500. The molecule has 4 N–H and O–H groups in total. The Labute approximate surface area is 257 Å². The number of halogens is 2. The van der Waals surface area contributed by atoms with E-state index in [9.17, 15) is 9.90 Å². The van der Waals surface area contributed by atoms with Gasteiger partial charge in [-0.3, -0.25) is 4.68 Å². The molecule has 0 spiro atoms. The van der Waals surface area contributed by atoms with Gasteiger partial charge in [0.25, 0.3) is 0 Å². The summed E-state index contributed by atoms with van der Waals surface area (Å²) in [6.45, 7) is 6.34. The van der Waals surface area contributed by atoms with Gasteiger partial charge in [0, 0.05) is 51.9 Å². The second kappa shape index (κ2) is 12.9. The van der Waals surface area contributed by atoms with Gasteiger partial charge in [-0.15, -0.1) is 0 Å². The first-order chi connectivity index (χ1) is 20.4. The summed E-state index contributed by atoms with van der Waals surface area (Å²) in [5, 5.41) is 21.0. The number of nitrogens with one attached hydrogen (secondary N) is 1. The van der Waals surface area contributed by atoms with Gasteiger partial charge in [0.2, 0.25) is 0 Å². The summed E-state index contributed by atoms with van der Waals surface area (Å²) >= 11 is 12.7. The lowest BCUT2D eigenvalue weighted by Gasteiger charge is -2.38. The minimum absolute atomic E-state index is 0.388. The fourth-order valence-electron chi connectivity index (χ4n) is 7.06. The lowest BCUT2D eigenvalue weighted by Crippen LogP contribution is -2.43. The van der Waals surface area contributed by atoms with Crippen LogP contribution in [0.25, 0.3) is 22.4 Å². The molecule has 6 rings (SSSR count). The van der Waals surface area contributed by atoms with Gasteiger partial charge in [0.15, 0.2) is 0 Å². The fourth-order valence-corrected chi connectivity index (χ4v) is 7.42. The Hall–Kier alpha value is -2.62. The van der Waals surface area contributed by atoms with E-state index >= 15 is 0 Å². The molecule has 8 nitrogen and oxygen atoms in total. The number of nitrogens with zero attached hydrogens (tertiary/aromatic N) is 4. The number of hydrogen-bond acceptors (Lipinski definition) is 5. The monoisotopic (exact) mass is 610 g/mol. The number of piperidine rings is 2. The smallest absolute Gasteiger partial charge is 0.315 e. The van der Waals surface area contributed by atoms with Crippen LogP contribution in [0.2, 0.25) is 10.0 Å². The number of β-amino-alcohol motifs (C(OH)–C–C–N with tert-alkyl or cyclic N) is 1. The largest absolute Gasteiger partial charge is 0.390 e. The molecule has 4 heterocycles. The number of urea groups is 1. The number of benzene rings is 2. The van der Waals surface area contributed by atoms with Gasteiger partial charge >= 0.3 is 6.03 Å². The van der Waals surface area contributed by atoms with E-state index in [2.05, 4.69) is 10.2 Å². The van der Waals surface area contributed by atoms with Crippen LogP contribution in [-0.2, 0) is 19.5 Å². The summed E-state index contributed by atoms with van der Waals surface area (Å²) in [6, 6.07) is 13.0. The van der Waals surface area contributed by atoms with E-state index in [0.29, 0.717) is 42.6 Å². The van der Waals surface area contributed by atoms with Crippen molar-refractivity contribution in [2.75, 3.05) is 39.3 Å². The Kier molecular flexibility index (Phi) is 9.07. The van der Waals surface area contributed by atoms with Crippen LogP contribution in [-0.4, -0.2) is 76.1 Å². The highest BCUT2D eigenvalue weighted by Gasteiger charge is 2.30. The summed E-state index contributed by atoms with van der Waals surface area (Å²) < 4.78 is 1.95. The molecule has 2 saturated heterocycles. The molecule has 3 aromatic rings. The number of likely N-dealkylation sites (tertiary alicyclic amines) is 1. The van der Waals surface area contributed by atoms with Crippen molar-refractivity contribution in [3.8, 4) is 22.4 Å². The van der Waals surface area contributed by atoms with E-state index in [1.165, 1.54) is 25.7 Å². The molecule has 2 aromatic carbocycles. The maximum atomic E-state index is 12.1. The lowest BCUT2D eigenvalue weighted by molar-refractivity contribution is 0.0631. The Morgan fingerprint density at radius 3 is 2.38 bits per heavy atom. The predicted molar refractivity (Wildman–Crippen MR) is 168 cm³/mol. The first-order valence-corrected chi connectivity index (χ1v) is 15.9. The van der Waals surface area contributed by atoms with E-state index in [0.717, 1.165) is 71.7 Å². The van der Waals surface area contributed by atoms with Crippen molar-refractivity contribution in [1.29, 1.82) is 0 Å². The molecular formula is C32H40Cl2N6O2. The standard InChI is InChI=1S/C32H40Cl2N6O2/c33-25-4-1-23(2-5-25)27-17-24(3-6-29(27)34)31-28-20-39(32(35)42)16-11-30(28)40(37-31)19-26(41)18-38-14-9-22(10-15-38)21-7-12-36-13-8-21/h1-6,17,21-22,26,36,41H,7-16,18-20H2,(H2,35,42)/t26-/m0/s1. The number of rotatable bonds is 7. The molecule has 1 atom stereocenters. The maximum absolute atomic E-state index is 12.1. The molecule has 2 amide bonds. The van der Waals surface area contributed by atoms with E-state index in [1.807, 2.05) is 47.1 Å². The van der Waals surface area contributed by atoms with Gasteiger partial charge in [-0.1, -0.05) is 41.4 Å². The third-order valence-electron chi connectivity index (χ3n) is 9.38. The molecule has 3 aliphatic rings. The van der Waals surface area contributed by atoms with Crippen molar-refractivity contribution < 1.29 is 9.90 Å². The van der Waals surface area contributed by atoms with E-state index in [-0.39, 0.29) is 0 Å². The Balaban J connectivity index is 1.21. The normalized spacial score (nSPS) is 19.5. The van der Waals surface area contributed by atoms with Crippen molar-refractivity contribution in [3.05, 3.63) is 63.8 Å². The van der Waals surface area contributed by atoms with Gasteiger partial charge in [0.05, 0.1) is 24.9 Å². The topological polar surface area (TPSA) is 99.7 Å². The van der Waals surface area contributed by atoms with Crippen molar-refractivity contribution in [3.63, 3.8) is 0 Å². The molecule has 0 unspecified atom stereocenters. The zero-order chi connectivity index (χ0) is 29.2. The zero-order valence-electron chi connectivity index (χ0n) is 23.9. The molecule has 0 radical (unpaired) electrons. The van der Waals surface area contributed by atoms with Crippen LogP contribution in [0.5, 0.6) is 0 Å². The molecular weight excluding hydrogens is 571 g/mol. The number of hydrogen-bond donors (Lipinski definition) is 3. The SMILES string of the molecule is NC(=O)N1CCc2c(c(-c3ccc(Cl)c(-c4ccc(Cl)cc4)c3)nn2C[C@@H](O)CN2CCC(C3CCNCC3)CC2)C1. The summed E-state index contributed by atoms with van der Waals surface area (Å²) in [4.78, 5) is 16.2. The second-order valence-electron chi connectivity index (χ2n) is 12.0. The third kappa shape index (κ3) is 6.48. The highest BCUT2D eigenvalue weighted by molar-refractivity contribution is 6.33. The molecule has 0 aliphatic carbocycles. The van der Waals surface area contributed by atoms with E-state index in [4.69, 9.17) is 34.0 Å². The summed E-state index contributed by atoms with van der Waals surface area (Å²) in [5.41, 5.74) is 11.2. The molecule has 3 aliphatic heterocycles. The molecule has 224 valence electrons. The highest BCUT2D eigenvalue weighted by Crippen LogP contribution is 2.36. The first kappa shape index (κ1) is 29.5. The van der Waals surface area contributed by atoms with Gasteiger partial charge < -0.3 is 26.0 Å². The number of aromatic nitrogens is 2. The minimum Gasteiger partial charge on any atom is -0.390 e. The lowest BCUT2D eigenvalue weighted by atomic mass is 9.79. The number of primary amides is 1. The van der Waals surface area contributed by atoms with Crippen molar-refractivity contribution in [1.82, 2.24) is 24.9 Å². The number of nitrogens with two attached hydrogens (primary N) is 1. The van der Waals surface area contributed by atoms with Crippen LogP contribution in [0.3, 0.4) is 0 Å². The van der Waals surface area contributed by atoms with Crippen LogP contribution < -0.4 is 11.1 Å². The van der Waals surface area contributed by atoms with Crippen LogP contribution in [0, 0.1) is 11.8 Å². The summed E-state index contributed by atoms with van der Waals surface area (Å²) in [7, 11) is 0. The molecule has 42 heavy (non-hydrogen) atoms. The predicted octanol–water partition coefficient (Wildman–Crippen LogP) is 5.03. The maximum Gasteiger partial charge on any atom is 0.315 e. The number of fused-ring (bicyclic) bond motifs is 1. The molecule has 0 bridgehead atoms. The van der Waals surface area contributed by atoms with Crippen LogP contribution in [0.4, 0.5) is 4.79 Å². The van der Waals surface area contributed by atoms with E-state index < -0.39 is 12.1 Å². The van der Waals surface area contributed by atoms with Crippen molar-refractivity contribution in [2.45, 2.75) is 51.3 Å². The van der Waals surface area contributed by atoms with Crippen LogP contribution >= 0.6 is 23.2 Å². The zero-order valence-corrected chi connectivity index (χ0v) is 25.5. The second-order valence-corrected chi connectivity index (χ2v) is 12.9. The highest BCUT2D eigenvalue weighted by atomic mass is 35.5. The van der Waals surface area contributed by atoms with Crippen molar-refractivity contribution >= 4 is 29.2 Å². The van der Waals surface area contributed by atoms with Crippen molar-refractivity contribution in [2.24, 2.45) is 17.6 Å². The average Bonchev–Trinajstić information content (AvgIpc) is 3.36. The number of aliphatic hydroxyl groups excluding tert-OH is 1. The summed E-state index contributed by atoms with van der Waals surface area (Å²) in [5.74, 6) is 1.66. The van der Waals surface area contributed by atoms with Crippen LogP contribution in [0.1, 0.15) is 36.9 Å². The van der Waals surface area contributed by atoms with Gasteiger partial charge in [-0.05, 0) is 93.5 Å². The molecule has 1 aromatic heterocycles. The van der Waals surface area contributed by atoms with Gasteiger partial charge in [-0.25, -0.2) is 4.79 Å². The van der Waals surface area contributed by atoms with Gasteiger partial charge in [-0.2, -0.15) is 5.10 Å². The first-order valence-electron chi connectivity index (χ1n) is 15.2. The quantitative estimate of drug-likeness (QED) is 0.348. The Morgan fingerprint density at radius 2 is 1.67 bits per heavy atom. The number of aliphatic hydroxyl groups is 1. The average molecular weight is 612 g/mol.